The van der Waals surface area contributed by atoms with E-state index in [1.54, 1.807) is 17.8 Å². The highest BCUT2D eigenvalue weighted by Crippen LogP contribution is 2.17. The van der Waals surface area contributed by atoms with E-state index >= 15 is 0 Å². The second-order valence-corrected chi connectivity index (χ2v) is 4.74. The molecule has 1 aromatic rings. The van der Waals surface area contributed by atoms with Gasteiger partial charge in [-0.05, 0) is 18.4 Å². The van der Waals surface area contributed by atoms with Crippen molar-refractivity contribution in [3.05, 3.63) is 6.07 Å². The quantitative estimate of drug-likeness (QED) is 0.453. The largest absolute Gasteiger partial charge is 0.383 e. The van der Waals surface area contributed by atoms with Gasteiger partial charge in [-0.3, -0.25) is 0 Å². The molecule has 0 atom stereocenters. The minimum absolute atomic E-state index is 0.435. The van der Waals surface area contributed by atoms with Crippen LogP contribution in [0.1, 0.15) is 6.42 Å². The molecule has 0 aliphatic rings. The molecule has 0 radical (unpaired) electrons. The number of nitrogen functional groups attached to an aromatic ring is 2. The van der Waals surface area contributed by atoms with Gasteiger partial charge in [0.1, 0.15) is 11.6 Å². The first kappa shape index (κ1) is 11.5. The van der Waals surface area contributed by atoms with Gasteiger partial charge in [-0.1, -0.05) is 11.8 Å². The first-order valence-electron chi connectivity index (χ1n) is 4.24. The summed E-state index contributed by atoms with van der Waals surface area (Å²) in [5, 5.41) is 0.670. The molecule has 0 unspecified atom stereocenters. The summed E-state index contributed by atoms with van der Waals surface area (Å²) in [6.45, 7) is 0. The van der Waals surface area contributed by atoms with Crippen LogP contribution in [0.25, 0.3) is 0 Å². The van der Waals surface area contributed by atoms with Gasteiger partial charge in [-0.15, -0.1) is 0 Å². The predicted molar refractivity (Wildman–Crippen MR) is 64.6 cm³/mol. The molecule has 6 heteroatoms. The van der Waals surface area contributed by atoms with Crippen molar-refractivity contribution in [2.45, 2.75) is 11.6 Å². The van der Waals surface area contributed by atoms with Gasteiger partial charge in [0.25, 0.3) is 0 Å². The minimum atomic E-state index is 0.435. The van der Waals surface area contributed by atoms with Crippen molar-refractivity contribution in [2.24, 2.45) is 0 Å². The lowest BCUT2D eigenvalue weighted by molar-refractivity contribution is 0.979. The van der Waals surface area contributed by atoms with Crippen molar-refractivity contribution < 1.29 is 0 Å². The number of aromatic nitrogens is 2. The SMILES string of the molecule is CSCCCSc1nc(N)cc(N)n1. The van der Waals surface area contributed by atoms with E-state index in [0.717, 1.165) is 17.9 Å². The summed E-state index contributed by atoms with van der Waals surface area (Å²) < 4.78 is 0. The highest BCUT2D eigenvalue weighted by molar-refractivity contribution is 7.99. The molecule has 14 heavy (non-hydrogen) atoms. The Hall–Kier alpha value is -0.620. The highest BCUT2D eigenvalue weighted by atomic mass is 32.2. The van der Waals surface area contributed by atoms with Crippen LogP contribution in [0.2, 0.25) is 0 Å². The average Bonchev–Trinajstić information content (AvgIpc) is 2.11. The average molecular weight is 230 g/mol. The molecule has 4 N–H and O–H groups in total. The van der Waals surface area contributed by atoms with Crippen LogP contribution >= 0.6 is 23.5 Å². The van der Waals surface area contributed by atoms with Gasteiger partial charge in [0, 0.05) is 11.8 Å². The van der Waals surface area contributed by atoms with E-state index in [0.29, 0.717) is 16.8 Å². The number of hydrogen-bond acceptors (Lipinski definition) is 6. The fourth-order valence-corrected chi connectivity index (χ4v) is 2.32. The topological polar surface area (TPSA) is 77.8 Å². The molecule has 0 bridgehead atoms. The van der Waals surface area contributed by atoms with Crippen LogP contribution in [-0.2, 0) is 0 Å². The molecule has 0 aliphatic heterocycles. The molecule has 0 saturated heterocycles. The van der Waals surface area contributed by atoms with Gasteiger partial charge in [-0.2, -0.15) is 11.8 Å². The number of nitrogens with two attached hydrogens (primary N) is 2. The third-order valence-corrected chi connectivity index (χ3v) is 3.10. The maximum Gasteiger partial charge on any atom is 0.191 e. The summed E-state index contributed by atoms with van der Waals surface area (Å²) in [6.07, 6.45) is 3.24. The Morgan fingerprint density at radius 2 is 1.86 bits per heavy atom. The number of anilines is 2. The van der Waals surface area contributed by atoms with E-state index in [2.05, 4.69) is 16.2 Å². The molecule has 78 valence electrons. The van der Waals surface area contributed by atoms with E-state index in [1.807, 2.05) is 11.8 Å². The zero-order valence-corrected chi connectivity index (χ0v) is 9.70. The molecule has 0 spiro atoms. The zero-order valence-electron chi connectivity index (χ0n) is 8.06. The Morgan fingerprint density at radius 3 is 2.43 bits per heavy atom. The van der Waals surface area contributed by atoms with Crippen molar-refractivity contribution in [1.82, 2.24) is 9.97 Å². The number of hydrogen-bond donors (Lipinski definition) is 2. The second-order valence-electron chi connectivity index (χ2n) is 2.70. The molecule has 1 aromatic heterocycles. The van der Waals surface area contributed by atoms with Gasteiger partial charge >= 0.3 is 0 Å². The molecule has 0 fully saturated rings. The van der Waals surface area contributed by atoms with Crippen LogP contribution in [0.15, 0.2) is 11.2 Å². The maximum absolute atomic E-state index is 5.54. The van der Waals surface area contributed by atoms with E-state index < -0.39 is 0 Å². The van der Waals surface area contributed by atoms with Crippen LogP contribution in [0.3, 0.4) is 0 Å². The Bertz CT molecular complexity index is 272. The maximum atomic E-state index is 5.54. The standard InChI is InChI=1S/C8H14N4S2/c1-13-3-2-4-14-8-11-6(9)5-7(10)12-8/h5H,2-4H2,1H3,(H4,9,10,11,12). The van der Waals surface area contributed by atoms with Crippen molar-refractivity contribution in [3.8, 4) is 0 Å². The monoisotopic (exact) mass is 230 g/mol. The van der Waals surface area contributed by atoms with E-state index in [1.165, 1.54) is 0 Å². The number of thioether (sulfide) groups is 2. The summed E-state index contributed by atoms with van der Waals surface area (Å²) in [4.78, 5) is 8.15. The Morgan fingerprint density at radius 1 is 1.21 bits per heavy atom. The predicted octanol–water partition coefficient (Wildman–Crippen LogP) is 1.49. The van der Waals surface area contributed by atoms with Crippen LogP contribution in [0, 0.1) is 0 Å². The fourth-order valence-electron chi connectivity index (χ4n) is 0.893. The smallest absolute Gasteiger partial charge is 0.191 e. The summed E-state index contributed by atoms with van der Waals surface area (Å²) >= 11 is 3.43. The molecular weight excluding hydrogens is 216 g/mol. The lowest BCUT2D eigenvalue weighted by atomic mass is 10.5. The van der Waals surface area contributed by atoms with Crippen LogP contribution in [0.5, 0.6) is 0 Å². The Kier molecular flexibility index (Phi) is 4.89. The molecule has 0 aliphatic carbocycles. The highest BCUT2D eigenvalue weighted by Gasteiger charge is 2.00. The Labute approximate surface area is 92.3 Å². The van der Waals surface area contributed by atoms with Crippen molar-refractivity contribution in [3.63, 3.8) is 0 Å². The lowest BCUT2D eigenvalue weighted by Gasteiger charge is -2.01. The number of nitrogens with zero attached hydrogens (tertiary/aromatic N) is 2. The summed E-state index contributed by atoms with van der Waals surface area (Å²) in [5.74, 6) is 3.03. The van der Waals surface area contributed by atoms with Crippen LogP contribution in [0.4, 0.5) is 11.6 Å². The van der Waals surface area contributed by atoms with E-state index in [9.17, 15) is 0 Å². The minimum Gasteiger partial charge on any atom is -0.383 e. The van der Waals surface area contributed by atoms with Crippen LogP contribution < -0.4 is 11.5 Å². The summed E-state index contributed by atoms with van der Waals surface area (Å²) in [7, 11) is 0. The molecule has 0 saturated carbocycles. The molecular formula is C8H14N4S2. The van der Waals surface area contributed by atoms with Crippen molar-refractivity contribution in [2.75, 3.05) is 29.2 Å². The van der Waals surface area contributed by atoms with Crippen molar-refractivity contribution in [1.29, 1.82) is 0 Å². The molecule has 1 heterocycles. The van der Waals surface area contributed by atoms with Gasteiger partial charge < -0.3 is 11.5 Å². The first-order valence-corrected chi connectivity index (χ1v) is 6.62. The summed E-state index contributed by atoms with van der Waals surface area (Å²) in [5.41, 5.74) is 11.1. The zero-order chi connectivity index (χ0) is 10.4. The first-order chi connectivity index (χ1) is 6.72. The second kappa shape index (κ2) is 5.98. The van der Waals surface area contributed by atoms with Crippen LogP contribution in [-0.4, -0.2) is 27.7 Å². The van der Waals surface area contributed by atoms with Gasteiger partial charge in [-0.25, -0.2) is 9.97 Å². The van der Waals surface area contributed by atoms with Gasteiger partial charge in [0.05, 0.1) is 0 Å². The van der Waals surface area contributed by atoms with Gasteiger partial charge in [0.2, 0.25) is 0 Å². The van der Waals surface area contributed by atoms with E-state index in [4.69, 9.17) is 11.5 Å². The molecule has 0 aromatic carbocycles. The molecule has 0 amide bonds. The van der Waals surface area contributed by atoms with E-state index in [-0.39, 0.29) is 0 Å². The third kappa shape index (κ3) is 4.06. The van der Waals surface area contributed by atoms with Gasteiger partial charge in [0.15, 0.2) is 5.16 Å². The fraction of sp³-hybridized carbons (Fsp3) is 0.500. The number of rotatable bonds is 5. The molecule has 1 rings (SSSR count). The Balaban J connectivity index is 2.42. The lowest BCUT2D eigenvalue weighted by Crippen LogP contribution is -1.99. The third-order valence-electron chi connectivity index (χ3n) is 1.47. The summed E-state index contributed by atoms with van der Waals surface area (Å²) in [6, 6.07) is 1.56. The molecule has 4 nitrogen and oxygen atoms in total. The van der Waals surface area contributed by atoms with Crippen molar-refractivity contribution >= 4 is 35.2 Å². The normalized spacial score (nSPS) is 10.4.